The van der Waals surface area contributed by atoms with Crippen LogP contribution in [0, 0.1) is 12.3 Å². The highest BCUT2D eigenvalue weighted by atomic mass is 31.2. The Bertz CT molecular complexity index is 452. The van der Waals surface area contributed by atoms with Crippen molar-refractivity contribution < 1.29 is 18.7 Å². The van der Waals surface area contributed by atoms with Crippen LogP contribution in [0.4, 0.5) is 0 Å². The Labute approximate surface area is 107 Å². The predicted molar refractivity (Wildman–Crippen MR) is 69.4 cm³/mol. The van der Waals surface area contributed by atoms with Crippen LogP contribution in [0.1, 0.15) is 30.8 Å². The third kappa shape index (κ3) is 2.83. The molecule has 1 atom stereocenters. The summed E-state index contributed by atoms with van der Waals surface area (Å²) >= 11 is 0. The van der Waals surface area contributed by atoms with E-state index in [4.69, 9.17) is 9.05 Å². The van der Waals surface area contributed by atoms with Crippen LogP contribution in [0.2, 0.25) is 0 Å². The Kier molecular flexibility index (Phi) is 3.65. The molecule has 1 heterocycles. The van der Waals surface area contributed by atoms with Gasteiger partial charge in [0.05, 0.1) is 13.2 Å². The lowest BCUT2D eigenvalue weighted by atomic mass is 9.97. The van der Waals surface area contributed by atoms with Gasteiger partial charge in [-0.2, -0.15) is 0 Å². The summed E-state index contributed by atoms with van der Waals surface area (Å²) in [5, 5.41) is 10.2. The van der Waals surface area contributed by atoms with Gasteiger partial charge in [-0.3, -0.25) is 4.57 Å². The number of hydrogen-bond acceptors (Lipinski definition) is 4. The highest BCUT2D eigenvalue weighted by Gasteiger charge is 2.42. The second kappa shape index (κ2) is 4.78. The van der Waals surface area contributed by atoms with Crippen molar-refractivity contribution in [2.75, 3.05) is 13.2 Å². The van der Waals surface area contributed by atoms with E-state index in [1.54, 1.807) is 12.1 Å². The third-order valence-electron chi connectivity index (χ3n) is 2.95. The molecule has 1 aliphatic heterocycles. The molecular formula is C13H19O4P. The number of hydrogen-bond donors (Lipinski definition) is 1. The fourth-order valence-corrected chi connectivity index (χ4v) is 3.62. The maximum atomic E-state index is 12.4. The first-order valence-corrected chi connectivity index (χ1v) is 7.57. The van der Waals surface area contributed by atoms with Crippen molar-refractivity contribution in [3.8, 4) is 0 Å². The SMILES string of the molecule is Cc1ccc(C(O)P2(=O)OCC(C)(C)CO2)cc1. The van der Waals surface area contributed by atoms with Crippen molar-refractivity contribution in [1.82, 2.24) is 0 Å². The molecule has 100 valence electrons. The molecule has 2 rings (SSSR count). The normalized spacial score (nSPS) is 23.6. The van der Waals surface area contributed by atoms with Crippen LogP contribution in [-0.2, 0) is 13.6 Å². The molecule has 18 heavy (non-hydrogen) atoms. The van der Waals surface area contributed by atoms with Gasteiger partial charge in [0, 0.05) is 5.41 Å². The Hall–Kier alpha value is -0.670. The summed E-state index contributed by atoms with van der Waals surface area (Å²) in [4.78, 5) is 0. The molecule has 0 saturated carbocycles. The number of aliphatic hydroxyl groups excluding tert-OH is 1. The minimum Gasteiger partial charge on any atom is -0.376 e. The van der Waals surface area contributed by atoms with Crippen molar-refractivity contribution in [2.24, 2.45) is 5.41 Å². The monoisotopic (exact) mass is 270 g/mol. The number of benzene rings is 1. The van der Waals surface area contributed by atoms with E-state index in [-0.39, 0.29) is 5.41 Å². The van der Waals surface area contributed by atoms with Gasteiger partial charge < -0.3 is 14.2 Å². The molecule has 1 aromatic rings. The van der Waals surface area contributed by atoms with Gasteiger partial charge in [0.1, 0.15) is 0 Å². The largest absolute Gasteiger partial charge is 0.376 e. The minimum atomic E-state index is -3.47. The Morgan fingerprint density at radius 1 is 1.22 bits per heavy atom. The number of aliphatic hydroxyl groups is 1. The van der Waals surface area contributed by atoms with Crippen LogP contribution in [0.25, 0.3) is 0 Å². The first-order valence-electron chi connectivity index (χ1n) is 5.96. The summed E-state index contributed by atoms with van der Waals surface area (Å²) in [6.07, 6.45) is 0. The van der Waals surface area contributed by atoms with Gasteiger partial charge in [0.15, 0.2) is 5.85 Å². The second-order valence-corrected chi connectivity index (χ2v) is 7.62. The zero-order valence-electron chi connectivity index (χ0n) is 10.9. The van der Waals surface area contributed by atoms with Gasteiger partial charge in [-0.05, 0) is 12.5 Å². The first kappa shape index (κ1) is 13.8. The highest BCUT2D eigenvalue weighted by molar-refractivity contribution is 7.54. The smallest absolute Gasteiger partial charge is 0.363 e. The molecule has 0 amide bonds. The molecule has 1 fully saturated rings. The average molecular weight is 270 g/mol. The number of aryl methyl sites for hydroxylation is 1. The first-order chi connectivity index (χ1) is 8.32. The average Bonchev–Trinajstić information content (AvgIpc) is 2.34. The lowest BCUT2D eigenvalue weighted by Gasteiger charge is -2.35. The molecule has 1 unspecified atom stereocenters. The van der Waals surface area contributed by atoms with E-state index in [1.165, 1.54) is 0 Å². The summed E-state index contributed by atoms with van der Waals surface area (Å²) in [5.41, 5.74) is 1.47. The summed E-state index contributed by atoms with van der Waals surface area (Å²) in [6.45, 7) is 6.54. The fraction of sp³-hybridized carbons (Fsp3) is 0.538. The second-order valence-electron chi connectivity index (χ2n) is 5.54. The Morgan fingerprint density at radius 2 is 1.72 bits per heavy atom. The van der Waals surface area contributed by atoms with Crippen molar-refractivity contribution in [1.29, 1.82) is 0 Å². The zero-order valence-corrected chi connectivity index (χ0v) is 11.8. The summed E-state index contributed by atoms with van der Waals surface area (Å²) in [6, 6.07) is 7.20. The van der Waals surface area contributed by atoms with Crippen LogP contribution in [0.15, 0.2) is 24.3 Å². The number of rotatable bonds is 2. The molecule has 1 saturated heterocycles. The third-order valence-corrected chi connectivity index (χ3v) is 4.82. The van der Waals surface area contributed by atoms with Gasteiger partial charge in [0.2, 0.25) is 0 Å². The maximum absolute atomic E-state index is 12.4. The molecule has 0 radical (unpaired) electrons. The predicted octanol–water partition coefficient (Wildman–Crippen LogP) is 3.25. The van der Waals surface area contributed by atoms with E-state index >= 15 is 0 Å². The molecule has 5 heteroatoms. The molecule has 1 aliphatic rings. The molecule has 0 aromatic heterocycles. The van der Waals surface area contributed by atoms with Gasteiger partial charge in [-0.15, -0.1) is 0 Å². The Balaban J connectivity index is 2.16. The fourth-order valence-electron chi connectivity index (χ4n) is 1.67. The lowest BCUT2D eigenvalue weighted by Crippen LogP contribution is -2.30. The molecule has 0 bridgehead atoms. The van der Waals surface area contributed by atoms with E-state index in [0.717, 1.165) is 5.56 Å². The van der Waals surface area contributed by atoms with E-state index in [2.05, 4.69) is 0 Å². The topological polar surface area (TPSA) is 55.8 Å². The van der Waals surface area contributed by atoms with Gasteiger partial charge in [0.25, 0.3) is 0 Å². The van der Waals surface area contributed by atoms with Crippen LogP contribution >= 0.6 is 7.60 Å². The Morgan fingerprint density at radius 3 is 2.22 bits per heavy atom. The van der Waals surface area contributed by atoms with Crippen LogP contribution in [0.3, 0.4) is 0 Å². The molecule has 1 aromatic carbocycles. The summed E-state index contributed by atoms with van der Waals surface area (Å²) in [7, 11) is -3.47. The van der Waals surface area contributed by atoms with E-state index in [1.807, 2.05) is 32.9 Å². The molecule has 4 nitrogen and oxygen atoms in total. The molecular weight excluding hydrogens is 251 g/mol. The van der Waals surface area contributed by atoms with Gasteiger partial charge in [-0.1, -0.05) is 43.7 Å². The molecule has 0 spiro atoms. The van der Waals surface area contributed by atoms with Crippen LogP contribution < -0.4 is 0 Å². The zero-order chi connectivity index (χ0) is 13.4. The van der Waals surface area contributed by atoms with E-state index < -0.39 is 13.4 Å². The van der Waals surface area contributed by atoms with Gasteiger partial charge in [-0.25, -0.2) is 0 Å². The minimum absolute atomic E-state index is 0.166. The molecule has 0 aliphatic carbocycles. The van der Waals surface area contributed by atoms with Crippen LogP contribution in [-0.4, -0.2) is 18.3 Å². The van der Waals surface area contributed by atoms with Gasteiger partial charge >= 0.3 is 7.60 Å². The quantitative estimate of drug-likeness (QED) is 0.838. The highest BCUT2D eigenvalue weighted by Crippen LogP contribution is 2.62. The van der Waals surface area contributed by atoms with E-state index in [0.29, 0.717) is 18.8 Å². The van der Waals surface area contributed by atoms with Crippen molar-refractivity contribution in [2.45, 2.75) is 26.6 Å². The summed E-state index contributed by atoms with van der Waals surface area (Å²) in [5.74, 6) is -1.21. The molecule has 1 N–H and O–H groups in total. The summed E-state index contributed by atoms with van der Waals surface area (Å²) < 4.78 is 23.0. The van der Waals surface area contributed by atoms with Crippen molar-refractivity contribution in [3.63, 3.8) is 0 Å². The standard InChI is InChI=1S/C13H19O4P/c1-10-4-6-11(7-5-10)12(14)18(15)16-8-13(2,3)9-17-18/h4-7,12,14H,8-9H2,1-3H3. The van der Waals surface area contributed by atoms with Crippen molar-refractivity contribution >= 4 is 7.60 Å². The van der Waals surface area contributed by atoms with Crippen LogP contribution in [0.5, 0.6) is 0 Å². The van der Waals surface area contributed by atoms with Crippen molar-refractivity contribution in [3.05, 3.63) is 35.4 Å². The maximum Gasteiger partial charge on any atom is 0.363 e. The lowest BCUT2D eigenvalue weighted by molar-refractivity contribution is 0.0229. The van der Waals surface area contributed by atoms with E-state index in [9.17, 15) is 9.67 Å².